The second-order valence-corrected chi connectivity index (χ2v) is 5.50. The second-order valence-electron chi connectivity index (χ2n) is 5.50. The summed E-state index contributed by atoms with van der Waals surface area (Å²) in [5, 5.41) is 0. The minimum absolute atomic E-state index is 0.0614. The molecular formula is C15H22F2N2. The van der Waals surface area contributed by atoms with Crippen molar-refractivity contribution in [2.24, 2.45) is 5.73 Å². The average molecular weight is 268 g/mol. The van der Waals surface area contributed by atoms with Crippen LogP contribution in [-0.2, 0) is 0 Å². The highest BCUT2D eigenvalue weighted by Gasteiger charge is 2.30. The molecule has 0 spiro atoms. The lowest BCUT2D eigenvalue weighted by atomic mass is 9.93. The predicted octanol–water partition coefficient (Wildman–Crippen LogP) is 3.23. The Hall–Kier alpha value is -1.00. The molecule has 2 nitrogen and oxygen atoms in total. The molecule has 1 saturated heterocycles. The van der Waals surface area contributed by atoms with Crippen molar-refractivity contribution in [3.63, 3.8) is 0 Å². The van der Waals surface area contributed by atoms with E-state index in [2.05, 4.69) is 4.90 Å². The summed E-state index contributed by atoms with van der Waals surface area (Å²) in [7, 11) is 0. The van der Waals surface area contributed by atoms with Crippen molar-refractivity contribution in [3.8, 4) is 0 Å². The number of nitrogens with zero attached hydrogens (tertiary/aromatic N) is 1. The van der Waals surface area contributed by atoms with Gasteiger partial charge in [0.15, 0.2) is 0 Å². The largest absolute Gasteiger partial charge is 0.327 e. The molecule has 1 aromatic carbocycles. The maximum Gasteiger partial charge on any atom is 0.130 e. The highest BCUT2D eigenvalue weighted by atomic mass is 19.1. The fourth-order valence-electron chi connectivity index (χ4n) is 3.04. The zero-order valence-electron chi connectivity index (χ0n) is 11.6. The van der Waals surface area contributed by atoms with E-state index in [9.17, 15) is 8.78 Å². The van der Waals surface area contributed by atoms with E-state index in [4.69, 9.17) is 5.73 Å². The van der Waals surface area contributed by atoms with Crippen LogP contribution in [0, 0.1) is 11.6 Å². The number of benzene rings is 1. The van der Waals surface area contributed by atoms with E-state index in [0.29, 0.717) is 5.56 Å². The summed E-state index contributed by atoms with van der Waals surface area (Å²) in [6.45, 7) is 4.89. The van der Waals surface area contributed by atoms with Gasteiger partial charge < -0.3 is 5.73 Å². The SMILES string of the molecule is CC(N)C1CCCCN1C(C)c1ccc(F)cc1F. The van der Waals surface area contributed by atoms with Gasteiger partial charge in [0.1, 0.15) is 11.6 Å². The fourth-order valence-corrected chi connectivity index (χ4v) is 3.04. The number of likely N-dealkylation sites (tertiary alicyclic amines) is 1. The first kappa shape index (κ1) is 14.4. The highest BCUT2D eigenvalue weighted by molar-refractivity contribution is 5.22. The van der Waals surface area contributed by atoms with Crippen LogP contribution in [0.1, 0.15) is 44.7 Å². The zero-order valence-corrected chi connectivity index (χ0v) is 11.6. The van der Waals surface area contributed by atoms with Crippen LogP contribution < -0.4 is 5.73 Å². The van der Waals surface area contributed by atoms with E-state index in [1.807, 2.05) is 13.8 Å². The molecule has 106 valence electrons. The Morgan fingerprint density at radius 1 is 1.26 bits per heavy atom. The normalized spacial score (nSPS) is 24.2. The third-order valence-electron chi connectivity index (χ3n) is 4.11. The molecule has 0 aromatic heterocycles. The van der Waals surface area contributed by atoms with E-state index < -0.39 is 11.6 Å². The van der Waals surface area contributed by atoms with Gasteiger partial charge in [0.05, 0.1) is 0 Å². The molecule has 1 aromatic rings. The van der Waals surface area contributed by atoms with Crippen molar-refractivity contribution in [3.05, 3.63) is 35.4 Å². The molecule has 0 aliphatic carbocycles. The summed E-state index contributed by atoms with van der Waals surface area (Å²) >= 11 is 0. The van der Waals surface area contributed by atoms with Crippen molar-refractivity contribution in [1.29, 1.82) is 0 Å². The topological polar surface area (TPSA) is 29.3 Å². The molecule has 3 atom stereocenters. The fraction of sp³-hybridized carbons (Fsp3) is 0.600. The summed E-state index contributed by atoms with van der Waals surface area (Å²) in [5.74, 6) is -1.00. The van der Waals surface area contributed by atoms with Crippen LogP contribution in [0.3, 0.4) is 0 Å². The standard InChI is InChI=1S/C15H22F2N2/c1-10(18)15-5-3-4-8-19(15)11(2)13-7-6-12(16)9-14(13)17/h6-7,9-11,15H,3-5,8,18H2,1-2H3. The van der Waals surface area contributed by atoms with Crippen LogP contribution in [-0.4, -0.2) is 23.5 Å². The maximum absolute atomic E-state index is 13.9. The van der Waals surface area contributed by atoms with Gasteiger partial charge in [0, 0.05) is 29.8 Å². The zero-order chi connectivity index (χ0) is 14.0. The Balaban J connectivity index is 2.23. The van der Waals surface area contributed by atoms with Gasteiger partial charge in [0.25, 0.3) is 0 Å². The number of rotatable bonds is 3. The molecule has 1 heterocycles. The Kier molecular flexibility index (Phi) is 4.53. The minimum Gasteiger partial charge on any atom is -0.327 e. The van der Waals surface area contributed by atoms with Gasteiger partial charge in [0.2, 0.25) is 0 Å². The molecule has 1 fully saturated rings. The van der Waals surface area contributed by atoms with Gasteiger partial charge in [-0.05, 0) is 39.3 Å². The Morgan fingerprint density at radius 2 is 2.00 bits per heavy atom. The Bertz CT molecular complexity index is 434. The third kappa shape index (κ3) is 3.12. The third-order valence-corrected chi connectivity index (χ3v) is 4.11. The highest BCUT2D eigenvalue weighted by Crippen LogP contribution is 2.30. The molecule has 0 bridgehead atoms. The monoisotopic (exact) mass is 268 g/mol. The summed E-state index contributed by atoms with van der Waals surface area (Å²) in [6, 6.07) is 4.08. The van der Waals surface area contributed by atoms with Crippen LogP contribution in [0.5, 0.6) is 0 Å². The molecule has 0 radical (unpaired) electrons. The molecule has 1 aliphatic heterocycles. The minimum atomic E-state index is -0.532. The summed E-state index contributed by atoms with van der Waals surface area (Å²) < 4.78 is 26.9. The molecule has 19 heavy (non-hydrogen) atoms. The van der Waals surface area contributed by atoms with E-state index in [1.165, 1.54) is 12.5 Å². The van der Waals surface area contributed by atoms with Crippen LogP contribution in [0.25, 0.3) is 0 Å². The van der Waals surface area contributed by atoms with E-state index in [0.717, 1.165) is 25.5 Å². The van der Waals surface area contributed by atoms with Crippen molar-refractivity contribution >= 4 is 0 Å². The summed E-state index contributed by atoms with van der Waals surface area (Å²) in [5.41, 5.74) is 6.59. The summed E-state index contributed by atoms with van der Waals surface area (Å²) in [6.07, 6.45) is 3.32. The maximum atomic E-state index is 13.9. The number of halogens is 2. The number of piperidine rings is 1. The predicted molar refractivity (Wildman–Crippen MR) is 72.8 cm³/mol. The van der Waals surface area contributed by atoms with Crippen molar-refractivity contribution in [2.75, 3.05) is 6.54 Å². The van der Waals surface area contributed by atoms with E-state index in [1.54, 1.807) is 6.07 Å². The van der Waals surface area contributed by atoms with Gasteiger partial charge in [-0.2, -0.15) is 0 Å². The lowest BCUT2D eigenvalue weighted by Gasteiger charge is -2.42. The Labute approximate surface area is 113 Å². The van der Waals surface area contributed by atoms with Crippen molar-refractivity contribution in [2.45, 2.75) is 51.2 Å². The first-order valence-electron chi connectivity index (χ1n) is 6.97. The van der Waals surface area contributed by atoms with Gasteiger partial charge in [-0.1, -0.05) is 12.5 Å². The van der Waals surface area contributed by atoms with Crippen LogP contribution >= 0.6 is 0 Å². The second kappa shape index (κ2) is 5.97. The summed E-state index contributed by atoms with van der Waals surface area (Å²) in [4.78, 5) is 2.25. The number of hydrogen-bond acceptors (Lipinski definition) is 2. The molecule has 0 saturated carbocycles. The molecule has 1 aliphatic rings. The van der Waals surface area contributed by atoms with Gasteiger partial charge in [-0.25, -0.2) is 8.78 Å². The van der Waals surface area contributed by atoms with Crippen LogP contribution in [0.2, 0.25) is 0 Å². The van der Waals surface area contributed by atoms with E-state index >= 15 is 0 Å². The Morgan fingerprint density at radius 3 is 2.63 bits per heavy atom. The quantitative estimate of drug-likeness (QED) is 0.912. The lowest BCUT2D eigenvalue weighted by Crippen LogP contribution is -2.50. The lowest BCUT2D eigenvalue weighted by molar-refractivity contribution is 0.0872. The molecular weight excluding hydrogens is 246 g/mol. The molecule has 2 N–H and O–H groups in total. The number of hydrogen-bond donors (Lipinski definition) is 1. The van der Waals surface area contributed by atoms with Crippen LogP contribution in [0.15, 0.2) is 18.2 Å². The molecule has 3 unspecified atom stereocenters. The molecule has 2 rings (SSSR count). The van der Waals surface area contributed by atoms with Gasteiger partial charge in [-0.15, -0.1) is 0 Å². The first-order valence-corrected chi connectivity index (χ1v) is 6.97. The number of nitrogens with two attached hydrogens (primary N) is 1. The smallest absolute Gasteiger partial charge is 0.130 e. The van der Waals surface area contributed by atoms with Crippen molar-refractivity contribution in [1.82, 2.24) is 4.90 Å². The average Bonchev–Trinajstić information content (AvgIpc) is 2.38. The molecule has 4 heteroatoms. The van der Waals surface area contributed by atoms with E-state index in [-0.39, 0.29) is 18.1 Å². The first-order chi connectivity index (χ1) is 9.00. The van der Waals surface area contributed by atoms with Crippen LogP contribution in [0.4, 0.5) is 8.78 Å². The van der Waals surface area contributed by atoms with Gasteiger partial charge >= 0.3 is 0 Å². The van der Waals surface area contributed by atoms with Gasteiger partial charge in [-0.3, -0.25) is 4.90 Å². The van der Waals surface area contributed by atoms with Crippen molar-refractivity contribution < 1.29 is 8.78 Å². The molecule has 0 amide bonds.